The molecule has 2 fully saturated rings. The van der Waals surface area contributed by atoms with Crippen LogP contribution in [0.2, 0.25) is 0 Å². The van der Waals surface area contributed by atoms with Crippen LogP contribution >= 0.6 is 0 Å². The van der Waals surface area contributed by atoms with Gasteiger partial charge in [-0.15, -0.1) is 0 Å². The Morgan fingerprint density at radius 2 is 2.05 bits per heavy atom. The molecule has 5 heteroatoms. The van der Waals surface area contributed by atoms with E-state index in [4.69, 9.17) is 0 Å². The molecule has 5 nitrogen and oxygen atoms in total. The second-order valence-corrected chi connectivity index (χ2v) is 6.23. The average molecular weight is 287 g/mol. The van der Waals surface area contributed by atoms with Gasteiger partial charge in [-0.05, 0) is 37.8 Å². The summed E-state index contributed by atoms with van der Waals surface area (Å²) in [4.78, 5) is 31.1. The maximum atomic E-state index is 12.6. The van der Waals surface area contributed by atoms with Crippen molar-refractivity contribution in [3.05, 3.63) is 29.6 Å². The van der Waals surface area contributed by atoms with Gasteiger partial charge < -0.3 is 10.2 Å². The fourth-order valence-corrected chi connectivity index (χ4v) is 3.53. The molecule has 1 saturated carbocycles. The van der Waals surface area contributed by atoms with Crippen LogP contribution in [-0.2, 0) is 16.1 Å². The lowest BCUT2D eigenvalue weighted by atomic mass is 9.89. The Morgan fingerprint density at radius 1 is 1.33 bits per heavy atom. The lowest BCUT2D eigenvalue weighted by Gasteiger charge is -2.45. The number of nitrogens with zero attached hydrogens (tertiary/aromatic N) is 2. The summed E-state index contributed by atoms with van der Waals surface area (Å²) in [5, 5.41) is 2.84. The number of rotatable bonds is 2. The Kier molecular flexibility index (Phi) is 3.43. The van der Waals surface area contributed by atoms with Crippen molar-refractivity contribution >= 4 is 11.8 Å². The molecule has 2 aliphatic rings. The standard InChI is InChI=1S/C16H21N3O2/c1-11-7-13(9-17-8-11)10-19-14(20)12(2)18-15(21)16(19)5-3-4-6-16/h7-9,12H,3-6,10H2,1-2H3,(H,18,21). The SMILES string of the molecule is Cc1cncc(CN2C(=O)C(C)NC(=O)C23CCCC3)c1. The first kappa shape index (κ1) is 14.0. The molecule has 3 rings (SSSR count). The highest BCUT2D eigenvalue weighted by Gasteiger charge is 2.52. The third kappa shape index (κ3) is 2.30. The van der Waals surface area contributed by atoms with E-state index in [2.05, 4.69) is 10.3 Å². The van der Waals surface area contributed by atoms with Crippen molar-refractivity contribution in [3.63, 3.8) is 0 Å². The van der Waals surface area contributed by atoms with Crippen LogP contribution in [0.4, 0.5) is 0 Å². The second kappa shape index (κ2) is 5.13. The lowest BCUT2D eigenvalue weighted by molar-refractivity contribution is -0.157. The lowest BCUT2D eigenvalue weighted by Crippen LogP contribution is -2.68. The number of pyridine rings is 1. The Morgan fingerprint density at radius 3 is 2.71 bits per heavy atom. The van der Waals surface area contributed by atoms with Crippen LogP contribution in [0.15, 0.2) is 18.5 Å². The fraction of sp³-hybridized carbons (Fsp3) is 0.562. The molecule has 21 heavy (non-hydrogen) atoms. The largest absolute Gasteiger partial charge is 0.343 e. The Bertz CT molecular complexity index is 579. The molecule has 0 aromatic carbocycles. The molecule has 1 spiro atoms. The minimum Gasteiger partial charge on any atom is -0.343 e. The van der Waals surface area contributed by atoms with E-state index in [1.807, 2.05) is 13.0 Å². The van der Waals surface area contributed by atoms with Crippen molar-refractivity contribution in [2.45, 2.75) is 57.7 Å². The second-order valence-electron chi connectivity index (χ2n) is 6.23. The summed E-state index contributed by atoms with van der Waals surface area (Å²) in [6.45, 7) is 4.20. The van der Waals surface area contributed by atoms with Gasteiger partial charge in [0.15, 0.2) is 0 Å². The first-order valence-corrected chi connectivity index (χ1v) is 7.56. The van der Waals surface area contributed by atoms with Crippen molar-refractivity contribution in [1.82, 2.24) is 15.2 Å². The summed E-state index contributed by atoms with van der Waals surface area (Å²) in [6, 6.07) is 1.58. The molecule has 1 N–H and O–H groups in total. The minimum absolute atomic E-state index is 0.00714. The highest BCUT2D eigenvalue weighted by atomic mass is 16.2. The van der Waals surface area contributed by atoms with Gasteiger partial charge in [-0.2, -0.15) is 0 Å². The van der Waals surface area contributed by atoms with Crippen molar-refractivity contribution in [1.29, 1.82) is 0 Å². The van der Waals surface area contributed by atoms with E-state index in [0.717, 1.165) is 36.8 Å². The molecule has 2 heterocycles. The Hall–Kier alpha value is -1.91. The molecule has 1 atom stereocenters. The van der Waals surface area contributed by atoms with E-state index in [0.29, 0.717) is 6.54 Å². The van der Waals surface area contributed by atoms with E-state index in [-0.39, 0.29) is 11.8 Å². The normalized spacial score (nSPS) is 24.5. The highest BCUT2D eigenvalue weighted by Crippen LogP contribution is 2.39. The molecule has 1 aliphatic heterocycles. The van der Waals surface area contributed by atoms with Crippen molar-refractivity contribution in [2.24, 2.45) is 0 Å². The summed E-state index contributed by atoms with van der Waals surface area (Å²) in [7, 11) is 0. The number of nitrogens with one attached hydrogen (secondary N) is 1. The quantitative estimate of drug-likeness (QED) is 0.897. The van der Waals surface area contributed by atoms with E-state index in [1.165, 1.54) is 0 Å². The number of carbonyl (C=O) groups excluding carboxylic acids is 2. The molecular weight excluding hydrogens is 266 g/mol. The zero-order valence-electron chi connectivity index (χ0n) is 12.6. The number of hydrogen-bond acceptors (Lipinski definition) is 3. The highest BCUT2D eigenvalue weighted by molar-refractivity contribution is 5.99. The van der Waals surface area contributed by atoms with Crippen LogP contribution < -0.4 is 5.32 Å². The maximum Gasteiger partial charge on any atom is 0.246 e. The summed E-state index contributed by atoms with van der Waals surface area (Å²) < 4.78 is 0. The van der Waals surface area contributed by atoms with Crippen LogP contribution in [-0.4, -0.2) is 33.3 Å². The summed E-state index contributed by atoms with van der Waals surface area (Å²) >= 11 is 0. The van der Waals surface area contributed by atoms with Crippen LogP contribution in [0.5, 0.6) is 0 Å². The zero-order chi connectivity index (χ0) is 15.0. The number of piperazine rings is 1. The van der Waals surface area contributed by atoms with Gasteiger partial charge in [0, 0.05) is 18.9 Å². The molecule has 2 amide bonds. The molecule has 1 saturated heterocycles. The van der Waals surface area contributed by atoms with Crippen molar-refractivity contribution < 1.29 is 9.59 Å². The first-order chi connectivity index (χ1) is 10.0. The summed E-state index contributed by atoms with van der Waals surface area (Å²) in [5.41, 5.74) is 1.40. The van der Waals surface area contributed by atoms with Gasteiger partial charge in [-0.25, -0.2) is 0 Å². The average Bonchev–Trinajstić information content (AvgIpc) is 2.93. The predicted octanol–water partition coefficient (Wildman–Crippen LogP) is 1.55. The van der Waals surface area contributed by atoms with E-state index >= 15 is 0 Å². The van der Waals surface area contributed by atoms with Crippen molar-refractivity contribution in [2.75, 3.05) is 0 Å². The van der Waals surface area contributed by atoms with Gasteiger partial charge in [0.2, 0.25) is 11.8 Å². The molecular formula is C16H21N3O2. The predicted molar refractivity (Wildman–Crippen MR) is 78.3 cm³/mol. The van der Waals surface area contributed by atoms with Crippen LogP contribution in [0.25, 0.3) is 0 Å². The van der Waals surface area contributed by atoms with E-state index < -0.39 is 11.6 Å². The maximum absolute atomic E-state index is 12.6. The molecule has 1 unspecified atom stereocenters. The molecule has 0 bridgehead atoms. The summed E-state index contributed by atoms with van der Waals surface area (Å²) in [5.74, 6) is 0.0192. The Balaban J connectivity index is 1.94. The van der Waals surface area contributed by atoms with Gasteiger partial charge in [-0.3, -0.25) is 14.6 Å². The number of aryl methyl sites for hydroxylation is 1. The van der Waals surface area contributed by atoms with E-state index in [1.54, 1.807) is 24.2 Å². The molecule has 1 aromatic heterocycles. The van der Waals surface area contributed by atoms with Gasteiger partial charge >= 0.3 is 0 Å². The van der Waals surface area contributed by atoms with Crippen LogP contribution in [0.3, 0.4) is 0 Å². The molecule has 1 aromatic rings. The third-order valence-electron chi connectivity index (χ3n) is 4.63. The van der Waals surface area contributed by atoms with Gasteiger partial charge in [0.1, 0.15) is 11.6 Å². The third-order valence-corrected chi connectivity index (χ3v) is 4.63. The van der Waals surface area contributed by atoms with Gasteiger partial charge in [0.05, 0.1) is 0 Å². The van der Waals surface area contributed by atoms with Crippen molar-refractivity contribution in [3.8, 4) is 0 Å². The minimum atomic E-state index is -0.645. The number of amides is 2. The smallest absolute Gasteiger partial charge is 0.246 e. The number of aromatic nitrogens is 1. The van der Waals surface area contributed by atoms with Crippen LogP contribution in [0.1, 0.15) is 43.7 Å². The van der Waals surface area contributed by atoms with E-state index in [9.17, 15) is 9.59 Å². The molecule has 1 aliphatic carbocycles. The number of carbonyl (C=O) groups is 2. The monoisotopic (exact) mass is 287 g/mol. The first-order valence-electron chi connectivity index (χ1n) is 7.56. The Labute approximate surface area is 124 Å². The summed E-state index contributed by atoms with van der Waals surface area (Å²) in [6.07, 6.45) is 7.09. The number of hydrogen-bond donors (Lipinski definition) is 1. The fourth-order valence-electron chi connectivity index (χ4n) is 3.53. The zero-order valence-corrected chi connectivity index (χ0v) is 12.6. The van der Waals surface area contributed by atoms with Gasteiger partial charge in [0.25, 0.3) is 0 Å². The molecule has 0 radical (unpaired) electrons. The van der Waals surface area contributed by atoms with Crippen LogP contribution in [0, 0.1) is 6.92 Å². The molecule has 112 valence electrons. The van der Waals surface area contributed by atoms with Gasteiger partial charge in [-0.1, -0.05) is 18.9 Å². The topological polar surface area (TPSA) is 62.3 Å².